The van der Waals surface area contributed by atoms with Gasteiger partial charge >= 0.3 is 5.97 Å². The van der Waals surface area contributed by atoms with E-state index in [0.29, 0.717) is 38.1 Å². The molecule has 2 bridgehead atoms. The van der Waals surface area contributed by atoms with Gasteiger partial charge in [-0.1, -0.05) is 18.2 Å². The third kappa shape index (κ3) is 3.14. The van der Waals surface area contributed by atoms with Gasteiger partial charge in [-0.05, 0) is 31.9 Å². The van der Waals surface area contributed by atoms with Gasteiger partial charge in [-0.25, -0.2) is 0 Å². The molecule has 0 spiro atoms. The molecule has 0 unspecified atom stereocenters. The number of ketones is 1. The van der Waals surface area contributed by atoms with Crippen LogP contribution in [-0.4, -0.2) is 42.3 Å². The van der Waals surface area contributed by atoms with E-state index < -0.39 is 0 Å². The molecule has 1 saturated heterocycles. The van der Waals surface area contributed by atoms with E-state index in [1.807, 2.05) is 18.2 Å². The van der Waals surface area contributed by atoms with Crippen molar-refractivity contribution in [1.82, 2.24) is 4.90 Å². The first-order valence-corrected chi connectivity index (χ1v) is 8.14. The van der Waals surface area contributed by atoms with Gasteiger partial charge in [-0.15, -0.1) is 0 Å². The topological polar surface area (TPSA) is 63.7 Å². The van der Waals surface area contributed by atoms with Crippen LogP contribution in [0.2, 0.25) is 0 Å². The lowest BCUT2D eigenvalue weighted by atomic mass is 9.71. The van der Waals surface area contributed by atoms with Crippen molar-refractivity contribution in [2.24, 2.45) is 17.8 Å². The van der Waals surface area contributed by atoms with Crippen molar-refractivity contribution < 1.29 is 19.1 Å². The quantitative estimate of drug-likeness (QED) is 0.799. The Hall–Kier alpha value is -2.17. The molecule has 3 rings (SSSR count). The SMILES string of the molecule is CCOC(=O)C1C[C@H]2CN(C(=O)c3ccccc3)C[C@H](C1)C2=O. The molecular weight excluding hydrogens is 294 g/mol. The summed E-state index contributed by atoms with van der Waals surface area (Å²) in [5, 5.41) is 0. The van der Waals surface area contributed by atoms with Crippen LogP contribution in [0, 0.1) is 17.8 Å². The third-order valence-corrected chi connectivity index (χ3v) is 4.75. The van der Waals surface area contributed by atoms with Gasteiger partial charge in [-0.3, -0.25) is 14.4 Å². The van der Waals surface area contributed by atoms with Gasteiger partial charge in [0.05, 0.1) is 12.5 Å². The largest absolute Gasteiger partial charge is 0.466 e. The second-order valence-corrected chi connectivity index (χ2v) is 6.29. The van der Waals surface area contributed by atoms with Crippen LogP contribution in [0.1, 0.15) is 30.1 Å². The number of benzene rings is 1. The zero-order valence-electron chi connectivity index (χ0n) is 13.2. The van der Waals surface area contributed by atoms with Crippen molar-refractivity contribution in [3.63, 3.8) is 0 Å². The van der Waals surface area contributed by atoms with Gasteiger partial charge < -0.3 is 9.64 Å². The van der Waals surface area contributed by atoms with Gasteiger partial charge in [0, 0.05) is 30.5 Å². The number of rotatable bonds is 3. The second-order valence-electron chi connectivity index (χ2n) is 6.29. The summed E-state index contributed by atoms with van der Waals surface area (Å²) in [4.78, 5) is 38.6. The third-order valence-electron chi connectivity index (χ3n) is 4.75. The fraction of sp³-hybridized carbons (Fsp3) is 0.500. The van der Waals surface area contributed by atoms with E-state index in [4.69, 9.17) is 4.74 Å². The minimum atomic E-state index is -0.246. The number of nitrogens with zero attached hydrogens (tertiary/aromatic N) is 1. The summed E-state index contributed by atoms with van der Waals surface area (Å²) in [6, 6.07) is 9.11. The van der Waals surface area contributed by atoms with Crippen LogP contribution in [-0.2, 0) is 14.3 Å². The van der Waals surface area contributed by atoms with Crippen LogP contribution >= 0.6 is 0 Å². The number of piperidine rings is 1. The van der Waals surface area contributed by atoms with Gasteiger partial charge in [0.25, 0.3) is 5.91 Å². The van der Waals surface area contributed by atoms with Gasteiger partial charge in [0.2, 0.25) is 0 Å². The lowest BCUT2D eigenvalue weighted by Gasteiger charge is -2.42. The maximum Gasteiger partial charge on any atom is 0.308 e. The highest BCUT2D eigenvalue weighted by Crippen LogP contribution is 2.36. The van der Waals surface area contributed by atoms with E-state index >= 15 is 0 Å². The molecule has 2 aliphatic rings. The zero-order valence-corrected chi connectivity index (χ0v) is 13.2. The number of esters is 1. The Balaban J connectivity index is 1.71. The number of carbonyl (C=O) groups is 3. The molecule has 0 radical (unpaired) electrons. The van der Waals surface area contributed by atoms with Crippen molar-refractivity contribution in [1.29, 1.82) is 0 Å². The molecule has 1 saturated carbocycles. The highest BCUT2D eigenvalue weighted by atomic mass is 16.5. The number of hydrogen-bond donors (Lipinski definition) is 0. The Morgan fingerprint density at radius 2 is 1.74 bits per heavy atom. The summed E-state index contributed by atoms with van der Waals surface area (Å²) >= 11 is 0. The number of likely N-dealkylation sites (tertiary alicyclic amines) is 1. The predicted octanol–water partition coefficient (Wildman–Crippen LogP) is 1.92. The molecule has 1 heterocycles. The van der Waals surface area contributed by atoms with Crippen molar-refractivity contribution in [2.75, 3.05) is 19.7 Å². The molecule has 0 N–H and O–H groups in total. The molecule has 1 aliphatic carbocycles. The monoisotopic (exact) mass is 315 g/mol. The minimum Gasteiger partial charge on any atom is -0.466 e. The zero-order chi connectivity index (χ0) is 16.4. The molecule has 23 heavy (non-hydrogen) atoms. The smallest absolute Gasteiger partial charge is 0.308 e. The Morgan fingerprint density at radius 3 is 2.30 bits per heavy atom. The van der Waals surface area contributed by atoms with Crippen molar-refractivity contribution in [3.05, 3.63) is 35.9 Å². The Kier molecular flexibility index (Phi) is 4.46. The normalized spacial score (nSPS) is 26.7. The van der Waals surface area contributed by atoms with Crippen LogP contribution in [0.15, 0.2) is 30.3 Å². The van der Waals surface area contributed by atoms with Crippen molar-refractivity contribution >= 4 is 17.7 Å². The molecule has 2 fully saturated rings. The number of Topliss-reactive ketones (excluding diaryl/α,β-unsaturated/α-hetero) is 1. The average molecular weight is 315 g/mol. The molecule has 1 amide bonds. The summed E-state index contributed by atoms with van der Waals surface area (Å²) in [5.74, 6) is -0.756. The molecule has 122 valence electrons. The lowest BCUT2D eigenvalue weighted by molar-refractivity contribution is -0.153. The Labute approximate surface area is 135 Å². The van der Waals surface area contributed by atoms with E-state index in [-0.39, 0.29) is 35.4 Å². The number of fused-ring (bicyclic) bond motifs is 2. The van der Waals surface area contributed by atoms with Gasteiger partial charge in [0.1, 0.15) is 5.78 Å². The number of carbonyl (C=O) groups excluding carboxylic acids is 3. The van der Waals surface area contributed by atoms with Gasteiger partial charge in [-0.2, -0.15) is 0 Å². The molecule has 1 aromatic rings. The maximum absolute atomic E-state index is 12.6. The van der Waals surface area contributed by atoms with E-state index in [0.717, 1.165) is 0 Å². The van der Waals surface area contributed by atoms with Crippen LogP contribution in [0.4, 0.5) is 0 Å². The summed E-state index contributed by atoms with van der Waals surface area (Å²) in [6.45, 7) is 2.95. The first-order chi connectivity index (χ1) is 11.1. The van der Waals surface area contributed by atoms with Crippen molar-refractivity contribution in [3.8, 4) is 0 Å². The van der Waals surface area contributed by atoms with Crippen LogP contribution in [0.5, 0.6) is 0 Å². The standard InChI is InChI=1S/C18H21NO4/c1-2-23-18(22)13-8-14-10-19(11-15(9-13)16(14)20)17(21)12-6-4-3-5-7-12/h3-7,13-15H,2,8-11H2,1H3/t14-,15-/m0/s1. The lowest BCUT2D eigenvalue weighted by Crippen LogP contribution is -2.53. The number of hydrogen-bond acceptors (Lipinski definition) is 4. The summed E-state index contributed by atoms with van der Waals surface area (Å²) in [5.41, 5.74) is 0.641. The number of amides is 1. The molecule has 1 aromatic carbocycles. The predicted molar refractivity (Wildman–Crippen MR) is 83.7 cm³/mol. The van der Waals surface area contributed by atoms with Crippen molar-refractivity contribution in [2.45, 2.75) is 19.8 Å². The fourth-order valence-electron chi connectivity index (χ4n) is 3.67. The second kappa shape index (κ2) is 6.52. The van der Waals surface area contributed by atoms with Crippen LogP contribution < -0.4 is 0 Å². The Bertz CT molecular complexity index is 595. The fourth-order valence-corrected chi connectivity index (χ4v) is 3.67. The molecule has 5 heteroatoms. The van der Waals surface area contributed by atoms with E-state index in [1.165, 1.54) is 0 Å². The maximum atomic E-state index is 12.6. The highest BCUT2D eigenvalue weighted by molar-refractivity contribution is 5.96. The molecule has 5 nitrogen and oxygen atoms in total. The van der Waals surface area contributed by atoms with E-state index in [2.05, 4.69) is 0 Å². The molecule has 1 aliphatic heterocycles. The molecular formula is C18H21NO4. The average Bonchev–Trinajstić information content (AvgIpc) is 2.55. The first-order valence-electron chi connectivity index (χ1n) is 8.14. The van der Waals surface area contributed by atoms with Crippen LogP contribution in [0.3, 0.4) is 0 Å². The Morgan fingerprint density at radius 1 is 1.13 bits per heavy atom. The summed E-state index contributed by atoms with van der Waals surface area (Å²) < 4.78 is 5.09. The number of ether oxygens (including phenoxy) is 1. The van der Waals surface area contributed by atoms with Gasteiger partial charge in [0.15, 0.2) is 0 Å². The summed E-state index contributed by atoms with van der Waals surface area (Å²) in [6.07, 6.45) is 0.986. The highest BCUT2D eigenvalue weighted by Gasteiger charge is 2.45. The van der Waals surface area contributed by atoms with Crippen LogP contribution in [0.25, 0.3) is 0 Å². The minimum absolute atomic E-state index is 0.0392. The molecule has 0 aromatic heterocycles. The first kappa shape index (κ1) is 15.7. The van der Waals surface area contributed by atoms with E-state index in [9.17, 15) is 14.4 Å². The van der Waals surface area contributed by atoms with E-state index in [1.54, 1.807) is 24.0 Å². The molecule has 2 atom stereocenters. The summed E-state index contributed by atoms with van der Waals surface area (Å²) in [7, 11) is 0.